The fraction of sp³-hybridized carbons (Fsp3) is 0.154. The lowest BCUT2D eigenvalue weighted by Crippen LogP contribution is -2.28. The first-order chi connectivity index (χ1) is 8.66. The second kappa shape index (κ2) is 4.40. The predicted molar refractivity (Wildman–Crippen MR) is 78.3 cm³/mol. The van der Waals surface area contributed by atoms with Gasteiger partial charge in [-0.1, -0.05) is 0 Å². The van der Waals surface area contributed by atoms with Crippen molar-refractivity contribution in [2.75, 3.05) is 17.2 Å². The van der Waals surface area contributed by atoms with Gasteiger partial charge < -0.3 is 10.6 Å². The van der Waals surface area contributed by atoms with Crippen molar-refractivity contribution >= 4 is 44.5 Å². The molecule has 5 heteroatoms. The molecule has 2 aromatic rings. The van der Waals surface area contributed by atoms with Gasteiger partial charge in [0.05, 0.1) is 0 Å². The summed E-state index contributed by atoms with van der Waals surface area (Å²) in [6.07, 6.45) is 0.870. The van der Waals surface area contributed by atoms with Crippen LogP contribution >= 0.6 is 27.3 Å². The largest absolute Gasteiger partial charge is 0.399 e. The summed E-state index contributed by atoms with van der Waals surface area (Å²) in [4.78, 5) is 15.0. The molecule has 1 aromatic heterocycles. The Balaban J connectivity index is 1.98. The molecule has 18 heavy (non-hydrogen) atoms. The van der Waals surface area contributed by atoms with Crippen LogP contribution in [0.25, 0.3) is 0 Å². The summed E-state index contributed by atoms with van der Waals surface area (Å²) in [6.45, 7) is 0.724. The second-order valence-electron chi connectivity index (χ2n) is 4.19. The lowest BCUT2D eigenvalue weighted by atomic mass is 10.1. The zero-order valence-electron chi connectivity index (χ0n) is 9.52. The molecule has 3 rings (SSSR count). The molecule has 0 bridgehead atoms. The number of nitrogens with two attached hydrogens (primary N) is 1. The lowest BCUT2D eigenvalue weighted by molar-refractivity contribution is 0.0992. The van der Waals surface area contributed by atoms with Gasteiger partial charge in [-0.2, -0.15) is 0 Å². The van der Waals surface area contributed by atoms with Gasteiger partial charge in [0.25, 0.3) is 5.91 Å². The third kappa shape index (κ3) is 1.83. The standard InChI is InChI=1S/C13H11BrN2OS/c14-10-4-6-18-12(10)13(17)16-5-3-8-7-9(15)1-2-11(8)16/h1-2,4,6-7H,3,5,15H2. The predicted octanol–water partition coefficient (Wildman–Crippen LogP) is 3.30. The number of halogens is 1. The highest BCUT2D eigenvalue weighted by Crippen LogP contribution is 2.33. The van der Waals surface area contributed by atoms with Crippen LogP contribution in [-0.4, -0.2) is 12.5 Å². The van der Waals surface area contributed by atoms with Gasteiger partial charge in [-0.15, -0.1) is 11.3 Å². The van der Waals surface area contributed by atoms with Crippen molar-refractivity contribution in [2.45, 2.75) is 6.42 Å². The van der Waals surface area contributed by atoms with Crippen molar-refractivity contribution in [1.82, 2.24) is 0 Å². The molecule has 0 atom stereocenters. The molecule has 1 aromatic carbocycles. The van der Waals surface area contributed by atoms with Crippen molar-refractivity contribution in [3.05, 3.63) is 44.6 Å². The smallest absolute Gasteiger partial charge is 0.269 e. The number of rotatable bonds is 1. The van der Waals surface area contributed by atoms with Gasteiger partial charge in [0.2, 0.25) is 0 Å². The quantitative estimate of drug-likeness (QED) is 0.819. The van der Waals surface area contributed by atoms with Crippen LogP contribution in [0.5, 0.6) is 0 Å². The summed E-state index contributed by atoms with van der Waals surface area (Å²) in [5.41, 5.74) is 8.64. The third-order valence-corrected chi connectivity index (χ3v) is 4.88. The Labute approximate surface area is 117 Å². The number of nitrogens with zero attached hydrogens (tertiary/aromatic N) is 1. The number of fused-ring (bicyclic) bond motifs is 1. The van der Waals surface area contributed by atoms with Crippen molar-refractivity contribution in [3.8, 4) is 0 Å². The van der Waals surface area contributed by atoms with Gasteiger partial charge in [0.1, 0.15) is 4.88 Å². The monoisotopic (exact) mass is 322 g/mol. The highest BCUT2D eigenvalue weighted by molar-refractivity contribution is 9.10. The second-order valence-corrected chi connectivity index (χ2v) is 5.96. The van der Waals surface area contributed by atoms with E-state index in [1.807, 2.05) is 34.5 Å². The first-order valence-corrected chi connectivity index (χ1v) is 7.27. The molecular weight excluding hydrogens is 312 g/mol. The molecule has 1 aliphatic heterocycles. The molecule has 0 spiro atoms. The SMILES string of the molecule is Nc1ccc2c(c1)CCN2C(=O)c1sccc1Br. The van der Waals surface area contributed by atoms with Crippen molar-refractivity contribution in [3.63, 3.8) is 0 Å². The molecule has 0 saturated heterocycles. The van der Waals surface area contributed by atoms with Gasteiger partial charge in [0, 0.05) is 22.4 Å². The van der Waals surface area contributed by atoms with Gasteiger partial charge in [-0.3, -0.25) is 4.79 Å². The topological polar surface area (TPSA) is 46.3 Å². The number of thiophene rings is 1. The third-order valence-electron chi connectivity index (χ3n) is 3.06. The molecule has 0 unspecified atom stereocenters. The Bertz CT molecular complexity index is 623. The highest BCUT2D eigenvalue weighted by Gasteiger charge is 2.27. The van der Waals surface area contributed by atoms with E-state index < -0.39 is 0 Å². The van der Waals surface area contributed by atoms with Crippen LogP contribution in [0.3, 0.4) is 0 Å². The summed E-state index contributed by atoms with van der Waals surface area (Å²) < 4.78 is 0.862. The molecule has 92 valence electrons. The van der Waals surface area contributed by atoms with Crippen LogP contribution in [-0.2, 0) is 6.42 Å². The Kier molecular flexibility index (Phi) is 2.87. The number of hydrogen-bond acceptors (Lipinski definition) is 3. The summed E-state index contributed by atoms with van der Waals surface area (Å²) in [7, 11) is 0. The molecule has 0 radical (unpaired) electrons. The normalized spacial score (nSPS) is 13.7. The van der Waals surface area contributed by atoms with Gasteiger partial charge in [-0.25, -0.2) is 0 Å². The zero-order valence-corrected chi connectivity index (χ0v) is 11.9. The van der Waals surface area contributed by atoms with Gasteiger partial charge in [0.15, 0.2) is 0 Å². The maximum absolute atomic E-state index is 12.5. The van der Waals surface area contributed by atoms with Crippen molar-refractivity contribution < 1.29 is 4.79 Å². The van der Waals surface area contributed by atoms with Crippen LogP contribution in [0, 0.1) is 0 Å². The molecule has 3 nitrogen and oxygen atoms in total. The Morgan fingerprint density at radius 2 is 2.22 bits per heavy atom. The number of anilines is 2. The molecule has 0 aliphatic carbocycles. The average Bonchev–Trinajstić information content (AvgIpc) is 2.94. The maximum Gasteiger partial charge on any atom is 0.269 e. The molecule has 2 N–H and O–H groups in total. The Morgan fingerprint density at radius 3 is 2.94 bits per heavy atom. The first kappa shape index (κ1) is 11.7. The number of benzene rings is 1. The van der Waals surface area contributed by atoms with Crippen LogP contribution in [0.2, 0.25) is 0 Å². The summed E-state index contributed by atoms with van der Waals surface area (Å²) in [5, 5.41) is 1.91. The van der Waals surface area contributed by atoms with E-state index in [0.29, 0.717) is 0 Å². The average molecular weight is 323 g/mol. The van der Waals surface area contributed by atoms with Crippen molar-refractivity contribution in [2.24, 2.45) is 0 Å². The molecule has 0 saturated carbocycles. The van der Waals surface area contributed by atoms with E-state index in [0.717, 1.165) is 39.3 Å². The minimum Gasteiger partial charge on any atom is -0.399 e. The van der Waals surface area contributed by atoms with Gasteiger partial charge in [-0.05, 0) is 57.6 Å². The summed E-state index contributed by atoms with van der Waals surface area (Å²) in [5.74, 6) is 0.0559. The molecule has 1 aliphatic rings. The summed E-state index contributed by atoms with van der Waals surface area (Å²) >= 11 is 4.87. The minimum absolute atomic E-state index is 0.0559. The number of carbonyl (C=O) groups is 1. The van der Waals surface area contributed by atoms with Gasteiger partial charge >= 0.3 is 0 Å². The summed E-state index contributed by atoms with van der Waals surface area (Å²) in [6, 6.07) is 7.62. The number of hydrogen-bond donors (Lipinski definition) is 1. The Morgan fingerprint density at radius 1 is 1.39 bits per heavy atom. The number of carbonyl (C=O) groups excluding carboxylic acids is 1. The van der Waals surface area contributed by atoms with E-state index in [9.17, 15) is 4.79 Å². The van der Waals surface area contributed by atoms with Crippen LogP contribution in [0.4, 0.5) is 11.4 Å². The number of nitrogen functional groups attached to an aromatic ring is 1. The lowest BCUT2D eigenvalue weighted by Gasteiger charge is -2.16. The zero-order chi connectivity index (χ0) is 12.7. The van der Waals surface area contributed by atoms with E-state index >= 15 is 0 Å². The fourth-order valence-electron chi connectivity index (χ4n) is 2.20. The fourth-order valence-corrected chi connectivity index (χ4v) is 3.69. The van der Waals surface area contributed by atoms with Crippen molar-refractivity contribution in [1.29, 1.82) is 0 Å². The molecule has 0 fully saturated rings. The Hall–Kier alpha value is -1.33. The first-order valence-electron chi connectivity index (χ1n) is 5.60. The molecule has 1 amide bonds. The molecular formula is C13H11BrN2OS. The van der Waals surface area contributed by atoms with Crippen LogP contribution in [0.15, 0.2) is 34.1 Å². The van der Waals surface area contributed by atoms with Crippen LogP contribution in [0.1, 0.15) is 15.2 Å². The highest BCUT2D eigenvalue weighted by atomic mass is 79.9. The maximum atomic E-state index is 12.5. The van der Waals surface area contributed by atoms with E-state index in [-0.39, 0.29) is 5.91 Å². The molecule has 2 heterocycles. The van der Waals surface area contributed by atoms with E-state index in [4.69, 9.17) is 5.73 Å². The van der Waals surface area contributed by atoms with E-state index in [1.54, 1.807) is 0 Å². The van der Waals surface area contributed by atoms with E-state index in [2.05, 4.69) is 15.9 Å². The van der Waals surface area contributed by atoms with Crippen LogP contribution < -0.4 is 10.6 Å². The number of amides is 1. The van der Waals surface area contributed by atoms with E-state index in [1.165, 1.54) is 11.3 Å². The minimum atomic E-state index is 0.0559.